The normalized spacial score (nSPS) is 20.5. The Morgan fingerprint density at radius 1 is 1.32 bits per heavy atom. The van der Waals surface area contributed by atoms with Gasteiger partial charge in [0.05, 0.1) is 6.61 Å². The number of hydrogen-bond acceptors (Lipinski definition) is 3. The first-order valence-corrected chi connectivity index (χ1v) is 8.08. The molecule has 0 bridgehead atoms. The Hall–Kier alpha value is -1.55. The Morgan fingerprint density at radius 3 is 2.59 bits per heavy atom. The number of carbonyl (C=O) groups is 1. The monoisotopic (exact) mass is 305 g/mol. The number of carbonyl (C=O) groups excluding carboxylic acids is 1. The lowest BCUT2D eigenvalue weighted by atomic mass is 9.86. The summed E-state index contributed by atoms with van der Waals surface area (Å²) < 4.78 is 5.54. The fraction of sp³-hybridized carbons (Fsp3) is 0.611. The summed E-state index contributed by atoms with van der Waals surface area (Å²) in [6.45, 7) is 6.37. The van der Waals surface area contributed by atoms with E-state index in [2.05, 4.69) is 0 Å². The topological polar surface area (TPSA) is 49.8 Å². The van der Waals surface area contributed by atoms with Crippen LogP contribution in [0.4, 0.5) is 4.79 Å². The molecule has 2 unspecified atom stereocenters. The average Bonchev–Trinajstić information content (AvgIpc) is 2.48. The van der Waals surface area contributed by atoms with Crippen LogP contribution in [0.1, 0.15) is 51.5 Å². The van der Waals surface area contributed by atoms with Crippen LogP contribution in [0.3, 0.4) is 0 Å². The highest BCUT2D eigenvalue weighted by Gasteiger charge is 2.35. The third kappa shape index (κ3) is 4.23. The molecule has 1 fully saturated rings. The number of nitrogens with zero attached hydrogens (tertiary/aromatic N) is 1. The molecule has 0 radical (unpaired) electrons. The zero-order valence-electron chi connectivity index (χ0n) is 13.8. The summed E-state index contributed by atoms with van der Waals surface area (Å²) in [4.78, 5) is 14.3. The zero-order chi connectivity index (χ0) is 16.2. The molecule has 1 aromatic carbocycles. The molecule has 1 aromatic rings. The quantitative estimate of drug-likeness (QED) is 0.929. The molecule has 1 amide bonds. The standard InChI is InChI=1S/C18H27NO3/c1-18(2,3)22-17(21)19-12-8-7-11-16(19)15(13-20)14-9-5-4-6-10-14/h4-6,9-10,15-16,20H,7-8,11-13H2,1-3H3. The van der Waals surface area contributed by atoms with Gasteiger partial charge in [-0.1, -0.05) is 30.3 Å². The molecule has 4 heteroatoms. The van der Waals surface area contributed by atoms with Crippen molar-refractivity contribution >= 4 is 6.09 Å². The molecule has 2 rings (SSSR count). The molecule has 1 saturated heterocycles. The van der Waals surface area contributed by atoms with Gasteiger partial charge in [0.1, 0.15) is 5.60 Å². The van der Waals surface area contributed by atoms with Gasteiger partial charge in [-0.25, -0.2) is 4.79 Å². The molecule has 1 aliphatic heterocycles. The van der Waals surface area contributed by atoms with Crippen molar-refractivity contribution in [1.29, 1.82) is 0 Å². The number of aliphatic hydroxyl groups is 1. The van der Waals surface area contributed by atoms with Crippen molar-refractivity contribution in [1.82, 2.24) is 4.90 Å². The maximum absolute atomic E-state index is 12.5. The van der Waals surface area contributed by atoms with Crippen molar-refractivity contribution in [2.75, 3.05) is 13.2 Å². The average molecular weight is 305 g/mol. The first-order chi connectivity index (χ1) is 10.4. The van der Waals surface area contributed by atoms with E-state index in [0.717, 1.165) is 24.8 Å². The number of aliphatic hydroxyl groups excluding tert-OH is 1. The number of benzene rings is 1. The summed E-state index contributed by atoms with van der Waals surface area (Å²) in [5, 5.41) is 9.89. The summed E-state index contributed by atoms with van der Waals surface area (Å²) >= 11 is 0. The number of amides is 1. The lowest BCUT2D eigenvalue weighted by Crippen LogP contribution is -2.49. The van der Waals surface area contributed by atoms with Gasteiger partial charge in [0.2, 0.25) is 0 Å². The van der Waals surface area contributed by atoms with Crippen molar-refractivity contribution in [3.05, 3.63) is 35.9 Å². The number of rotatable bonds is 3. The molecule has 2 atom stereocenters. The highest BCUT2D eigenvalue weighted by molar-refractivity contribution is 5.69. The Kier molecular flexibility index (Phi) is 5.46. The number of ether oxygens (including phenoxy) is 1. The maximum Gasteiger partial charge on any atom is 0.410 e. The second-order valence-electron chi connectivity index (χ2n) is 6.94. The Labute approximate surface area is 133 Å². The predicted octanol–water partition coefficient (Wildman–Crippen LogP) is 3.55. The fourth-order valence-corrected chi connectivity index (χ4v) is 3.07. The van der Waals surface area contributed by atoms with Crippen molar-refractivity contribution in [2.45, 2.75) is 57.6 Å². The van der Waals surface area contributed by atoms with Gasteiger partial charge in [0.15, 0.2) is 0 Å². The van der Waals surface area contributed by atoms with Crippen LogP contribution in [0.15, 0.2) is 30.3 Å². The van der Waals surface area contributed by atoms with Crippen LogP contribution in [0.5, 0.6) is 0 Å². The van der Waals surface area contributed by atoms with Crippen molar-refractivity contribution in [3.8, 4) is 0 Å². The van der Waals surface area contributed by atoms with Gasteiger partial charge in [-0.05, 0) is 45.6 Å². The number of likely N-dealkylation sites (tertiary alicyclic amines) is 1. The molecular formula is C18H27NO3. The van der Waals surface area contributed by atoms with E-state index < -0.39 is 5.60 Å². The summed E-state index contributed by atoms with van der Waals surface area (Å²) in [5.74, 6) is -0.0611. The van der Waals surface area contributed by atoms with Gasteiger partial charge in [0.25, 0.3) is 0 Å². The molecule has 122 valence electrons. The summed E-state index contributed by atoms with van der Waals surface area (Å²) in [6, 6.07) is 9.93. The van der Waals surface area contributed by atoms with Gasteiger partial charge in [-0.3, -0.25) is 0 Å². The van der Waals surface area contributed by atoms with Crippen LogP contribution in [0.2, 0.25) is 0 Å². The van der Waals surface area contributed by atoms with Gasteiger partial charge >= 0.3 is 6.09 Å². The maximum atomic E-state index is 12.5. The van der Waals surface area contributed by atoms with Gasteiger partial charge < -0.3 is 14.7 Å². The van der Waals surface area contributed by atoms with Crippen LogP contribution < -0.4 is 0 Å². The second kappa shape index (κ2) is 7.14. The van der Waals surface area contributed by atoms with E-state index in [4.69, 9.17) is 4.74 Å². The van der Waals surface area contributed by atoms with Crippen LogP contribution in [-0.4, -0.2) is 40.9 Å². The van der Waals surface area contributed by atoms with Crippen molar-refractivity contribution < 1.29 is 14.6 Å². The molecule has 1 heterocycles. The lowest BCUT2D eigenvalue weighted by Gasteiger charge is -2.40. The fourth-order valence-electron chi connectivity index (χ4n) is 3.07. The zero-order valence-corrected chi connectivity index (χ0v) is 13.8. The van der Waals surface area contributed by atoms with Crippen molar-refractivity contribution in [2.24, 2.45) is 0 Å². The second-order valence-corrected chi connectivity index (χ2v) is 6.94. The molecule has 1 N–H and O–H groups in total. The molecule has 0 aromatic heterocycles. The van der Waals surface area contributed by atoms with Gasteiger partial charge in [-0.15, -0.1) is 0 Å². The van der Waals surface area contributed by atoms with E-state index in [-0.39, 0.29) is 24.7 Å². The van der Waals surface area contributed by atoms with E-state index in [9.17, 15) is 9.90 Å². The lowest BCUT2D eigenvalue weighted by molar-refractivity contribution is 0.00347. The van der Waals surface area contributed by atoms with E-state index in [1.54, 1.807) is 0 Å². The molecule has 1 aliphatic rings. The predicted molar refractivity (Wildman–Crippen MR) is 86.8 cm³/mol. The molecule has 22 heavy (non-hydrogen) atoms. The minimum absolute atomic E-state index is 0.00370. The van der Waals surface area contributed by atoms with Crippen LogP contribution in [0.25, 0.3) is 0 Å². The van der Waals surface area contributed by atoms with E-state index in [0.29, 0.717) is 6.54 Å². The smallest absolute Gasteiger partial charge is 0.410 e. The summed E-state index contributed by atoms with van der Waals surface area (Å²) in [6.07, 6.45) is 2.70. The molecule has 0 aliphatic carbocycles. The molecule has 4 nitrogen and oxygen atoms in total. The Morgan fingerprint density at radius 2 is 2.00 bits per heavy atom. The number of piperidine rings is 1. The van der Waals surface area contributed by atoms with Crippen molar-refractivity contribution in [3.63, 3.8) is 0 Å². The van der Waals surface area contributed by atoms with Gasteiger partial charge in [0, 0.05) is 18.5 Å². The summed E-state index contributed by atoms with van der Waals surface area (Å²) in [5.41, 5.74) is 0.575. The molecular weight excluding hydrogens is 278 g/mol. The van der Waals surface area contributed by atoms with Gasteiger partial charge in [-0.2, -0.15) is 0 Å². The molecule has 0 saturated carbocycles. The summed E-state index contributed by atoms with van der Waals surface area (Å²) in [7, 11) is 0. The first kappa shape index (κ1) is 16.8. The molecule has 0 spiro atoms. The largest absolute Gasteiger partial charge is 0.444 e. The highest BCUT2D eigenvalue weighted by Crippen LogP contribution is 2.31. The third-order valence-corrected chi connectivity index (χ3v) is 4.07. The van der Waals surface area contributed by atoms with Crippen LogP contribution >= 0.6 is 0 Å². The Balaban J connectivity index is 2.19. The number of hydrogen-bond donors (Lipinski definition) is 1. The highest BCUT2D eigenvalue weighted by atomic mass is 16.6. The minimum Gasteiger partial charge on any atom is -0.444 e. The van der Waals surface area contributed by atoms with E-state index >= 15 is 0 Å². The van der Waals surface area contributed by atoms with E-state index in [1.807, 2.05) is 56.0 Å². The SMILES string of the molecule is CC(C)(C)OC(=O)N1CCCCC1C(CO)c1ccccc1. The minimum atomic E-state index is -0.499. The van der Waals surface area contributed by atoms with E-state index in [1.165, 1.54) is 0 Å². The third-order valence-electron chi connectivity index (χ3n) is 4.07. The van der Waals surface area contributed by atoms with Crippen LogP contribution in [-0.2, 0) is 4.74 Å². The van der Waals surface area contributed by atoms with Crippen LogP contribution in [0, 0.1) is 0 Å². The Bertz CT molecular complexity index is 481. The first-order valence-electron chi connectivity index (χ1n) is 8.08.